The Bertz CT molecular complexity index is 623. The van der Waals surface area contributed by atoms with Crippen molar-refractivity contribution >= 4 is 11.6 Å². The monoisotopic (exact) mass is 327 g/mol. The van der Waals surface area contributed by atoms with Gasteiger partial charge in [0.25, 0.3) is 5.91 Å². The van der Waals surface area contributed by atoms with Crippen LogP contribution in [0.1, 0.15) is 27.2 Å². The first-order chi connectivity index (χ1) is 11.6. The van der Waals surface area contributed by atoms with Crippen LogP contribution in [-0.4, -0.2) is 18.6 Å². The molecule has 0 aliphatic carbocycles. The second-order valence-corrected chi connectivity index (χ2v) is 6.05. The van der Waals surface area contributed by atoms with E-state index in [2.05, 4.69) is 19.2 Å². The van der Waals surface area contributed by atoms with Crippen molar-refractivity contribution in [2.45, 2.75) is 33.3 Å². The number of ether oxygens (including phenoxy) is 2. The van der Waals surface area contributed by atoms with Crippen LogP contribution in [0, 0.1) is 5.92 Å². The predicted octanol–water partition coefficient (Wildman–Crippen LogP) is 4.52. The number of rotatable bonds is 8. The molecule has 0 radical (unpaired) electrons. The van der Waals surface area contributed by atoms with Crippen molar-refractivity contribution < 1.29 is 14.3 Å². The lowest BCUT2D eigenvalue weighted by molar-refractivity contribution is -0.122. The van der Waals surface area contributed by atoms with E-state index < -0.39 is 6.10 Å². The fourth-order valence-corrected chi connectivity index (χ4v) is 2.11. The van der Waals surface area contributed by atoms with E-state index in [1.54, 1.807) is 0 Å². The van der Waals surface area contributed by atoms with Gasteiger partial charge in [0, 0.05) is 5.69 Å². The van der Waals surface area contributed by atoms with Gasteiger partial charge in [0.05, 0.1) is 6.61 Å². The smallest absolute Gasteiger partial charge is 0.265 e. The Kier molecular flexibility index (Phi) is 6.67. The Hall–Kier alpha value is -2.49. The first-order valence-corrected chi connectivity index (χ1v) is 8.34. The zero-order chi connectivity index (χ0) is 17.4. The average Bonchev–Trinajstić information content (AvgIpc) is 2.59. The lowest BCUT2D eigenvalue weighted by Crippen LogP contribution is -2.32. The van der Waals surface area contributed by atoms with Crippen molar-refractivity contribution in [1.82, 2.24) is 0 Å². The van der Waals surface area contributed by atoms with Gasteiger partial charge >= 0.3 is 0 Å². The van der Waals surface area contributed by atoms with Gasteiger partial charge in [-0.05, 0) is 48.7 Å². The van der Waals surface area contributed by atoms with Crippen LogP contribution in [0.15, 0.2) is 54.6 Å². The molecular weight excluding hydrogens is 302 g/mol. The number of hydrogen-bond acceptors (Lipinski definition) is 3. The maximum Gasteiger partial charge on any atom is 0.265 e. The minimum Gasteiger partial charge on any atom is -0.493 e. The van der Waals surface area contributed by atoms with Crippen LogP contribution in [0.3, 0.4) is 0 Å². The van der Waals surface area contributed by atoms with E-state index in [-0.39, 0.29) is 5.91 Å². The molecule has 0 aliphatic rings. The van der Waals surface area contributed by atoms with Crippen molar-refractivity contribution in [3.63, 3.8) is 0 Å². The second-order valence-electron chi connectivity index (χ2n) is 6.05. The van der Waals surface area contributed by atoms with Crippen LogP contribution in [0.4, 0.5) is 5.69 Å². The molecule has 2 rings (SSSR count). The van der Waals surface area contributed by atoms with Gasteiger partial charge in [0.2, 0.25) is 0 Å². The Labute approximate surface area is 143 Å². The van der Waals surface area contributed by atoms with Crippen LogP contribution in [0.25, 0.3) is 0 Å². The topological polar surface area (TPSA) is 47.6 Å². The summed E-state index contributed by atoms with van der Waals surface area (Å²) in [6.07, 6.45) is 0.0697. The highest BCUT2D eigenvalue weighted by Gasteiger charge is 2.18. The molecule has 0 bridgehead atoms. The number of hydrogen-bond donors (Lipinski definition) is 1. The van der Waals surface area contributed by atoms with Crippen molar-refractivity contribution in [1.29, 1.82) is 0 Å². The van der Waals surface area contributed by atoms with Crippen molar-refractivity contribution in [3.05, 3.63) is 54.6 Å². The Morgan fingerprint density at radius 2 is 1.67 bits per heavy atom. The standard InChI is InChI=1S/C20H25NO3/c1-4-19(24-18-8-6-5-7-9-18)20(22)21-16-10-12-17(13-11-16)23-14-15(2)3/h5-13,15,19H,4,14H2,1-3H3,(H,21,22)/t19-/m0/s1. The quantitative estimate of drug-likeness (QED) is 0.775. The van der Waals surface area contributed by atoms with Crippen LogP contribution < -0.4 is 14.8 Å². The first kappa shape index (κ1) is 17.9. The van der Waals surface area contributed by atoms with Gasteiger partial charge in [-0.15, -0.1) is 0 Å². The molecule has 0 fully saturated rings. The van der Waals surface area contributed by atoms with E-state index in [0.717, 1.165) is 11.4 Å². The lowest BCUT2D eigenvalue weighted by atomic mass is 10.2. The van der Waals surface area contributed by atoms with E-state index in [1.807, 2.05) is 61.5 Å². The lowest BCUT2D eigenvalue weighted by Gasteiger charge is -2.17. The highest BCUT2D eigenvalue weighted by atomic mass is 16.5. The molecule has 0 aromatic heterocycles. The zero-order valence-corrected chi connectivity index (χ0v) is 14.5. The van der Waals surface area contributed by atoms with Crippen molar-refractivity contribution in [2.24, 2.45) is 5.92 Å². The van der Waals surface area contributed by atoms with Crippen molar-refractivity contribution in [3.8, 4) is 11.5 Å². The molecule has 0 unspecified atom stereocenters. The van der Waals surface area contributed by atoms with Crippen LogP contribution in [0.2, 0.25) is 0 Å². The minimum atomic E-state index is -0.524. The van der Waals surface area contributed by atoms with E-state index in [1.165, 1.54) is 0 Å². The summed E-state index contributed by atoms with van der Waals surface area (Å²) in [5.74, 6) is 1.81. The highest BCUT2D eigenvalue weighted by molar-refractivity contribution is 5.94. The molecule has 2 aromatic carbocycles. The summed E-state index contributed by atoms with van der Waals surface area (Å²) in [7, 11) is 0. The van der Waals surface area contributed by atoms with E-state index in [0.29, 0.717) is 24.7 Å². The van der Waals surface area contributed by atoms with Gasteiger partial charge in [-0.3, -0.25) is 4.79 Å². The molecule has 0 heterocycles. The zero-order valence-electron chi connectivity index (χ0n) is 14.5. The average molecular weight is 327 g/mol. The number of anilines is 1. The van der Waals surface area contributed by atoms with Gasteiger partial charge in [-0.1, -0.05) is 39.0 Å². The van der Waals surface area contributed by atoms with Gasteiger partial charge in [-0.2, -0.15) is 0 Å². The summed E-state index contributed by atoms with van der Waals surface area (Å²) in [4.78, 5) is 12.4. The largest absolute Gasteiger partial charge is 0.493 e. The molecule has 0 aliphatic heterocycles. The van der Waals surface area contributed by atoms with Gasteiger partial charge in [-0.25, -0.2) is 0 Å². The molecule has 24 heavy (non-hydrogen) atoms. The third-order valence-electron chi connectivity index (χ3n) is 3.39. The SMILES string of the molecule is CC[C@H](Oc1ccccc1)C(=O)Nc1ccc(OCC(C)C)cc1. The Balaban J connectivity index is 1.92. The van der Waals surface area contributed by atoms with E-state index in [9.17, 15) is 4.79 Å². The molecule has 2 aromatic rings. The molecule has 128 valence electrons. The number of para-hydroxylation sites is 1. The second kappa shape index (κ2) is 8.96. The molecule has 0 saturated heterocycles. The summed E-state index contributed by atoms with van der Waals surface area (Å²) in [6, 6.07) is 16.8. The minimum absolute atomic E-state index is 0.155. The van der Waals surface area contributed by atoms with Crippen molar-refractivity contribution in [2.75, 3.05) is 11.9 Å². The number of amides is 1. The summed E-state index contributed by atoms with van der Waals surface area (Å²) >= 11 is 0. The van der Waals surface area contributed by atoms with Gasteiger partial charge < -0.3 is 14.8 Å². The van der Waals surface area contributed by atoms with Crippen LogP contribution in [0.5, 0.6) is 11.5 Å². The number of carbonyl (C=O) groups is 1. The molecule has 1 amide bonds. The summed E-state index contributed by atoms with van der Waals surface area (Å²) in [5, 5.41) is 2.89. The molecule has 0 spiro atoms. The summed E-state index contributed by atoms with van der Waals surface area (Å²) in [6.45, 7) is 6.81. The molecule has 0 saturated carbocycles. The number of nitrogens with one attached hydrogen (secondary N) is 1. The summed E-state index contributed by atoms with van der Waals surface area (Å²) < 4.78 is 11.4. The van der Waals surface area contributed by atoms with E-state index in [4.69, 9.17) is 9.47 Å². The van der Waals surface area contributed by atoms with Gasteiger partial charge in [0.15, 0.2) is 6.10 Å². The molecule has 1 N–H and O–H groups in total. The van der Waals surface area contributed by atoms with Gasteiger partial charge in [0.1, 0.15) is 11.5 Å². The fraction of sp³-hybridized carbons (Fsp3) is 0.350. The highest BCUT2D eigenvalue weighted by Crippen LogP contribution is 2.18. The molecule has 4 nitrogen and oxygen atoms in total. The number of benzene rings is 2. The maximum absolute atomic E-state index is 12.4. The normalized spacial score (nSPS) is 11.8. The predicted molar refractivity (Wildman–Crippen MR) is 96.6 cm³/mol. The van der Waals surface area contributed by atoms with E-state index >= 15 is 0 Å². The van der Waals surface area contributed by atoms with Crippen LogP contribution >= 0.6 is 0 Å². The molecule has 4 heteroatoms. The molecule has 1 atom stereocenters. The Morgan fingerprint density at radius 1 is 1.00 bits per heavy atom. The molecular formula is C20H25NO3. The summed E-state index contributed by atoms with van der Waals surface area (Å²) in [5.41, 5.74) is 0.729. The third kappa shape index (κ3) is 5.61. The van der Waals surface area contributed by atoms with Crippen LogP contribution in [-0.2, 0) is 4.79 Å². The maximum atomic E-state index is 12.4. The fourth-order valence-electron chi connectivity index (χ4n) is 2.11. The first-order valence-electron chi connectivity index (χ1n) is 8.34. The third-order valence-corrected chi connectivity index (χ3v) is 3.39. The number of carbonyl (C=O) groups excluding carboxylic acids is 1. The Morgan fingerprint density at radius 3 is 2.25 bits per heavy atom.